The van der Waals surface area contributed by atoms with Crippen molar-refractivity contribution in [2.24, 2.45) is 0 Å². The standard InChI is InChI=1S/C13H17N3O3/c1-15-6-7-16(13(15)18)8-9-4-3-5-10(14)11(9)12(17)19-2/h3-5H,6-8,14H2,1-2H3. The van der Waals surface area contributed by atoms with E-state index in [1.807, 2.05) is 0 Å². The van der Waals surface area contributed by atoms with E-state index in [0.29, 0.717) is 36.4 Å². The molecule has 2 amide bonds. The summed E-state index contributed by atoms with van der Waals surface area (Å²) in [5.74, 6) is -0.479. The van der Waals surface area contributed by atoms with E-state index in [-0.39, 0.29) is 6.03 Å². The second kappa shape index (κ2) is 5.17. The van der Waals surface area contributed by atoms with Crippen LogP contribution >= 0.6 is 0 Å². The lowest BCUT2D eigenvalue weighted by Crippen LogP contribution is -2.29. The molecule has 19 heavy (non-hydrogen) atoms. The van der Waals surface area contributed by atoms with E-state index >= 15 is 0 Å². The number of urea groups is 1. The molecule has 0 aliphatic carbocycles. The van der Waals surface area contributed by atoms with Gasteiger partial charge in [0, 0.05) is 32.4 Å². The summed E-state index contributed by atoms with van der Waals surface area (Å²) < 4.78 is 4.74. The lowest BCUT2D eigenvalue weighted by molar-refractivity contribution is 0.0599. The third-order valence-electron chi connectivity index (χ3n) is 3.24. The van der Waals surface area contributed by atoms with Crippen molar-refractivity contribution in [3.63, 3.8) is 0 Å². The number of esters is 1. The molecule has 6 heteroatoms. The van der Waals surface area contributed by atoms with Crippen LogP contribution in [0, 0.1) is 0 Å². The summed E-state index contributed by atoms with van der Waals surface area (Å²) in [6, 6.07) is 5.15. The predicted octanol–water partition coefficient (Wildman–Crippen LogP) is 0.923. The molecule has 0 bridgehead atoms. The number of ether oxygens (including phenoxy) is 1. The molecule has 1 heterocycles. The molecule has 2 N–H and O–H groups in total. The van der Waals surface area contributed by atoms with Crippen LogP contribution in [0.1, 0.15) is 15.9 Å². The maximum atomic E-state index is 11.8. The van der Waals surface area contributed by atoms with Crippen LogP contribution in [0.2, 0.25) is 0 Å². The molecule has 0 unspecified atom stereocenters. The average molecular weight is 263 g/mol. The molecule has 1 saturated heterocycles. The molecule has 1 aliphatic heterocycles. The maximum Gasteiger partial charge on any atom is 0.340 e. The lowest BCUT2D eigenvalue weighted by atomic mass is 10.1. The van der Waals surface area contributed by atoms with Gasteiger partial charge in [0.1, 0.15) is 0 Å². The van der Waals surface area contributed by atoms with Crippen molar-refractivity contribution >= 4 is 17.7 Å². The van der Waals surface area contributed by atoms with Crippen LogP contribution in [0.4, 0.5) is 10.5 Å². The number of methoxy groups -OCH3 is 1. The predicted molar refractivity (Wildman–Crippen MR) is 70.6 cm³/mol. The lowest BCUT2D eigenvalue weighted by Gasteiger charge is -2.18. The van der Waals surface area contributed by atoms with Crippen LogP contribution in [-0.2, 0) is 11.3 Å². The van der Waals surface area contributed by atoms with Crippen molar-refractivity contribution in [2.75, 3.05) is 33.0 Å². The Labute approximate surface area is 111 Å². The second-order valence-corrected chi connectivity index (χ2v) is 4.50. The molecule has 0 spiro atoms. The number of nitrogen functional groups attached to an aromatic ring is 1. The molecule has 1 aromatic rings. The van der Waals surface area contributed by atoms with Gasteiger partial charge in [-0.15, -0.1) is 0 Å². The van der Waals surface area contributed by atoms with Crippen LogP contribution in [-0.4, -0.2) is 49.0 Å². The molecule has 2 rings (SSSR count). The summed E-state index contributed by atoms with van der Waals surface area (Å²) in [6.07, 6.45) is 0. The first-order valence-electron chi connectivity index (χ1n) is 6.00. The number of rotatable bonds is 3. The summed E-state index contributed by atoms with van der Waals surface area (Å²) >= 11 is 0. The third-order valence-corrected chi connectivity index (χ3v) is 3.24. The van der Waals surface area contributed by atoms with Crippen molar-refractivity contribution < 1.29 is 14.3 Å². The summed E-state index contributed by atoms with van der Waals surface area (Å²) in [5, 5.41) is 0. The van der Waals surface area contributed by atoms with Gasteiger partial charge in [-0.3, -0.25) is 0 Å². The SMILES string of the molecule is COC(=O)c1c(N)cccc1CN1CCN(C)C1=O. The summed E-state index contributed by atoms with van der Waals surface area (Å²) in [5.41, 5.74) is 7.23. The molecule has 1 aromatic carbocycles. The van der Waals surface area contributed by atoms with E-state index < -0.39 is 5.97 Å². The first-order valence-corrected chi connectivity index (χ1v) is 6.00. The summed E-state index contributed by atoms with van der Waals surface area (Å²) in [4.78, 5) is 26.9. The topological polar surface area (TPSA) is 75.9 Å². The minimum absolute atomic E-state index is 0.0433. The monoisotopic (exact) mass is 263 g/mol. The van der Waals surface area contributed by atoms with Gasteiger partial charge in [0.2, 0.25) is 0 Å². The zero-order chi connectivity index (χ0) is 14.0. The largest absolute Gasteiger partial charge is 0.465 e. The Morgan fingerprint density at radius 3 is 2.74 bits per heavy atom. The molecular weight excluding hydrogens is 246 g/mol. The van der Waals surface area contributed by atoms with Crippen molar-refractivity contribution in [1.82, 2.24) is 9.80 Å². The molecule has 0 radical (unpaired) electrons. The molecule has 6 nitrogen and oxygen atoms in total. The van der Waals surface area contributed by atoms with Gasteiger partial charge in [0.25, 0.3) is 0 Å². The number of hydrogen-bond acceptors (Lipinski definition) is 4. The highest BCUT2D eigenvalue weighted by Crippen LogP contribution is 2.21. The van der Waals surface area contributed by atoms with E-state index in [2.05, 4.69) is 0 Å². The van der Waals surface area contributed by atoms with Gasteiger partial charge in [-0.1, -0.05) is 12.1 Å². The van der Waals surface area contributed by atoms with Gasteiger partial charge < -0.3 is 20.3 Å². The number of amides is 2. The first-order chi connectivity index (χ1) is 9.04. The fourth-order valence-electron chi connectivity index (χ4n) is 2.16. The number of carbonyl (C=O) groups excluding carboxylic acids is 2. The van der Waals surface area contributed by atoms with Gasteiger partial charge >= 0.3 is 12.0 Å². The molecule has 0 aromatic heterocycles. The van der Waals surface area contributed by atoms with Gasteiger partial charge in [-0.25, -0.2) is 9.59 Å². The molecule has 1 aliphatic rings. The fourth-order valence-corrected chi connectivity index (χ4v) is 2.16. The number of anilines is 1. The number of carbonyl (C=O) groups is 2. The van der Waals surface area contributed by atoms with Crippen LogP contribution < -0.4 is 5.73 Å². The van der Waals surface area contributed by atoms with Crippen molar-refractivity contribution in [3.05, 3.63) is 29.3 Å². The number of likely N-dealkylation sites (N-methyl/N-ethyl adjacent to an activating group) is 1. The number of hydrogen-bond donors (Lipinski definition) is 1. The van der Waals surface area contributed by atoms with Crippen molar-refractivity contribution in [1.29, 1.82) is 0 Å². The molecule has 1 fully saturated rings. The molecule has 102 valence electrons. The highest BCUT2D eigenvalue weighted by atomic mass is 16.5. The highest BCUT2D eigenvalue weighted by Gasteiger charge is 2.27. The number of nitrogens with zero attached hydrogens (tertiary/aromatic N) is 2. The Balaban J connectivity index is 2.28. The first kappa shape index (κ1) is 13.2. The Hall–Kier alpha value is -2.24. The van der Waals surface area contributed by atoms with E-state index in [1.54, 1.807) is 35.0 Å². The quantitative estimate of drug-likeness (QED) is 0.650. The Morgan fingerprint density at radius 2 is 2.16 bits per heavy atom. The zero-order valence-electron chi connectivity index (χ0n) is 11.0. The molecular formula is C13H17N3O3. The van der Waals surface area contributed by atoms with E-state index in [9.17, 15) is 9.59 Å². The van der Waals surface area contributed by atoms with Crippen LogP contribution in [0.5, 0.6) is 0 Å². The van der Waals surface area contributed by atoms with Gasteiger partial charge in [-0.2, -0.15) is 0 Å². The van der Waals surface area contributed by atoms with E-state index in [0.717, 1.165) is 0 Å². The smallest absolute Gasteiger partial charge is 0.340 e. The summed E-state index contributed by atoms with van der Waals surface area (Å²) in [7, 11) is 3.07. The maximum absolute atomic E-state index is 11.8. The Morgan fingerprint density at radius 1 is 1.42 bits per heavy atom. The van der Waals surface area contributed by atoms with Crippen LogP contribution in [0.25, 0.3) is 0 Å². The van der Waals surface area contributed by atoms with E-state index in [1.165, 1.54) is 7.11 Å². The van der Waals surface area contributed by atoms with Crippen LogP contribution in [0.15, 0.2) is 18.2 Å². The minimum atomic E-state index is -0.479. The van der Waals surface area contributed by atoms with Gasteiger partial charge in [0.15, 0.2) is 0 Å². The third kappa shape index (κ3) is 2.47. The minimum Gasteiger partial charge on any atom is -0.465 e. The van der Waals surface area contributed by atoms with Gasteiger partial charge in [0.05, 0.1) is 12.7 Å². The number of nitrogens with two attached hydrogens (primary N) is 1. The zero-order valence-corrected chi connectivity index (χ0v) is 11.0. The average Bonchev–Trinajstić information content (AvgIpc) is 2.70. The molecule has 0 saturated carbocycles. The van der Waals surface area contributed by atoms with Gasteiger partial charge in [-0.05, 0) is 11.6 Å². The number of benzene rings is 1. The normalized spacial score (nSPS) is 14.9. The Bertz CT molecular complexity index is 516. The fraction of sp³-hybridized carbons (Fsp3) is 0.385. The second-order valence-electron chi connectivity index (χ2n) is 4.50. The van der Waals surface area contributed by atoms with Crippen LogP contribution in [0.3, 0.4) is 0 Å². The van der Waals surface area contributed by atoms with Crippen molar-refractivity contribution in [2.45, 2.75) is 6.54 Å². The molecule has 0 atom stereocenters. The Kier molecular flexibility index (Phi) is 3.59. The van der Waals surface area contributed by atoms with E-state index in [4.69, 9.17) is 10.5 Å². The highest BCUT2D eigenvalue weighted by molar-refractivity contribution is 5.96. The summed E-state index contributed by atoms with van der Waals surface area (Å²) in [6.45, 7) is 1.69. The van der Waals surface area contributed by atoms with Crippen molar-refractivity contribution in [3.8, 4) is 0 Å².